The third kappa shape index (κ3) is 3.65. The van der Waals surface area contributed by atoms with Crippen molar-refractivity contribution in [3.63, 3.8) is 0 Å². The average Bonchev–Trinajstić information content (AvgIpc) is 2.34. The van der Waals surface area contributed by atoms with E-state index in [1.165, 1.54) is 22.8 Å². The van der Waals surface area contributed by atoms with Crippen LogP contribution in [0.1, 0.15) is 22.3 Å². The molecule has 0 aromatic heterocycles. The van der Waals surface area contributed by atoms with Crippen molar-refractivity contribution >= 4 is 0 Å². The number of rotatable bonds is 4. The monoisotopic (exact) mass is 257 g/mol. The van der Waals surface area contributed by atoms with Crippen LogP contribution < -0.4 is 5.73 Å². The van der Waals surface area contributed by atoms with Crippen molar-refractivity contribution in [1.82, 2.24) is 0 Å². The molecule has 2 aromatic rings. The standard InChI is InChI=1S/C17H20FN/c1-12-5-3-6-13(2)17(12)11-16(19)10-14-7-4-8-15(18)9-14/h3-9,16H,10-11,19H2,1-2H3. The van der Waals surface area contributed by atoms with Crippen LogP contribution in [-0.4, -0.2) is 6.04 Å². The average molecular weight is 257 g/mol. The fourth-order valence-electron chi connectivity index (χ4n) is 2.47. The van der Waals surface area contributed by atoms with E-state index in [-0.39, 0.29) is 11.9 Å². The van der Waals surface area contributed by atoms with Gasteiger partial charge in [-0.2, -0.15) is 0 Å². The summed E-state index contributed by atoms with van der Waals surface area (Å²) in [7, 11) is 0. The molecule has 0 bridgehead atoms. The highest BCUT2D eigenvalue weighted by Crippen LogP contribution is 2.16. The number of hydrogen-bond acceptors (Lipinski definition) is 1. The van der Waals surface area contributed by atoms with Gasteiger partial charge in [-0.3, -0.25) is 0 Å². The van der Waals surface area contributed by atoms with Crippen LogP contribution in [0.25, 0.3) is 0 Å². The van der Waals surface area contributed by atoms with E-state index in [2.05, 4.69) is 32.0 Å². The van der Waals surface area contributed by atoms with Gasteiger partial charge in [0.25, 0.3) is 0 Å². The maximum atomic E-state index is 13.1. The second-order valence-electron chi connectivity index (χ2n) is 5.17. The lowest BCUT2D eigenvalue weighted by atomic mass is 9.94. The Bertz CT molecular complexity index is 543. The molecule has 0 aliphatic rings. The van der Waals surface area contributed by atoms with E-state index in [0.717, 1.165) is 12.0 Å². The summed E-state index contributed by atoms with van der Waals surface area (Å²) in [4.78, 5) is 0. The van der Waals surface area contributed by atoms with E-state index < -0.39 is 0 Å². The molecule has 1 unspecified atom stereocenters. The van der Waals surface area contributed by atoms with Gasteiger partial charge in [-0.1, -0.05) is 30.3 Å². The van der Waals surface area contributed by atoms with Gasteiger partial charge in [-0.05, 0) is 61.1 Å². The fourth-order valence-corrected chi connectivity index (χ4v) is 2.47. The zero-order chi connectivity index (χ0) is 13.8. The number of hydrogen-bond donors (Lipinski definition) is 1. The van der Waals surface area contributed by atoms with Gasteiger partial charge in [0.15, 0.2) is 0 Å². The molecule has 2 N–H and O–H groups in total. The van der Waals surface area contributed by atoms with Crippen molar-refractivity contribution in [2.45, 2.75) is 32.7 Å². The van der Waals surface area contributed by atoms with Crippen LogP contribution in [0.3, 0.4) is 0 Å². The van der Waals surface area contributed by atoms with Gasteiger partial charge in [0.2, 0.25) is 0 Å². The van der Waals surface area contributed by atoms with E-state index in [4.69, 9.17) is 5.73 Å². The highest BCUT2D eigenvalue weighted by Gasteiger charge is 2.09. The summed E-state index contributed by atoms with van der Waals surface area (Å²) in [5, 5.41) is 0. The van der Waals surface area contributed by atoms with E-state index in [1.54, 1.807) is 12.1 Å². The topological polar surface area (TPSA) is 26.0 Å². The molecule has 0 heterocycles. The summed E-state index contributed by atoms with van der Waals surface area (Å²) >= 11 is 0. The molecule has 0 spiro atoms. The van der Waals surface area contributed by atoms with Crippen LogP contribution in [0.2, 0.25) is 0 Å². The largest absolute Gasteiger partial charge is 0.327 e. The Morgan fingerprint density at radius 3 is 2.26 bits per heavy atom. The predicted molar refractivity (Wildman–Crippen MR) is 77.7 cm³/mol. The van der Waals surface area contributed by atoms with Gasteiger partial charge in [0, 0.05) is 6.04 Å². The summed E-state index contributed by atoms with van der Waals surface area (Å²) in [5.74, 6) is -0.197. The highest BCUT2D eigenvalue weighted by atomic mass is 19.1. The molecule has 2 heteroatoms. The normalized spacial score (nSPS) is 12.4. The Morgan fingerprint density at radius 2 is 1.63 bits per heavy atom. The summed E-state index contributed by atoms with van der Waals surface area (Å²) < 4.78 is 13.1. The minimum atomic E-state index is -0.197. The van der Waals surface area contributed by atoms with E-state index in [9.17, 15) is 4.39 Å². The van der Waals surface area contributed by atoms with E-state index in [0.29, 0.717) is 6.42 Å². The van der Waals surface area contributed by atoms with Crippen LogP contribution in [0.15, 0.2) is 42.5 Å². The van der Waals surface area contributed by atoms with Crippen LogP contribution in [0.4, 0.5) is 4.39 Å². The number of nitrogens with two attached hydrogens (primary N) is 1. The number of aryl methyl sites for hydroxylation is 2. The Labute approximate surface area is 114 Å². The van der Waals surface area contributed by atoms with Gasteiger partial charge in [-0.25, -0.2) is 4.39 Å². The summed E-state index contributed by atoms with van der Waals surface area (Å²) in [5.41, 5.74) is 11.0. The third-order valence-corrected chi connectivity index (χ3v) is 3.50. The zero-order valence-corrected chi connectivity index (χ0v) is 11.5. The van der Waals surface area contributed by atoms with Crippen molar-refractivity contribution in [3.8, 4) is 0 Å². The van der Waals surface area contributed by atoms with Crippen LogP contribution in [0.5, 0.6) is 0 Å². The van der Waals surface area contributed by atoms with Crippen LogP contribution in [-0.2, 0) is 12.8 Å². The maximum absolute atomic E-state index is 13.1. The van der Waals surface area contributed by atoms with Gasteiger partial charge >= 0.3 is 0 Å². The molecule has 2 aromatic carbocycles. The molecule has 0 aliphatic carbocycles. The molecule has 2 rings (SSSR count). The quantitative estimate of drug-likeness (QED) is 0.890. The van der Waals surface area contributed by atoms with Gasteiger partial charge in [0.05, 0.1) is 0 Å². The van der Waals surface area contributed by atoms with Crippen molar-refractivity contribution in [2.24, 2.45) is 5.73 Å². The van der Waals surface area contributed by atoms with Gasteiger partial charge < -0.3 is 5.73 Å². The lowest BCUT2D eigenvalue weighted by Gasteiger charge is -2.15. The molecular formula is C17H20FN. The Kier molecular flexibility index (Phi) is 4.33. The van der Waals surface area contributed by atoms with Crippen molar-refractivity contribution < 1.29 is 4.39 Å². The SMILES string of the molecule is Cc1cccc(C)c1CC(N)Cc1cccc(F)c1. The maximum Gasteiger partial charge on any atom is 0.123 e. The molecular weight excluding hydrogens is 237 g/mol. The molecule has 19 heavy (non-hydrogen) atoms. The van der Waals surface area contributed by atoms with Gasteiger partial charge in [0.1, 0.15) is 5.82 Å². The summed E-state index contributed by atoms with van der Waals surface area (Å²) in [6.45, 7) is 4.22. The molecule has 1 nitrogen and oxygen atoms in total. The van der Waals surface area contributed by atoms with Crippen molar-refractivity contribution in [3.05, 3.63) is 70.5 Å². The highest BCUT2D eigenvalue weighted by molar-refractivity contribution is 5.34. The smallest absolute Gasteiger partial charge is 0.123 e. The van der Waals surface area contributed by atoms with Crippen LogP contribution in [0, 0.1) is 19.7 Å². The number of benzene rings is 2. The minimum absolute atomic E-state index is 0.0154. The third-order valence-electron chi connectivity index (χ3n) is 3.50. The second kappa shape index (κ2) is 5.98. The molecule has 1 atom stereocenters. The second-order valence-corrected chi connectivity index (χ2v) is 5.17. The van der Waals surface area contributed by atoms with E-state index in [1.807, 2.05) is 6.07 Å². The lowest BCUT2D eigenvalue weighted by molar-refractivity contribution is 0.617. The Balaban J connectivity index is 2.07. The van der Waals surface area contributed by atoms with Crippen LogP contribution >= 0.6 is 0 Å². The first-order valence-corrected chi connectivity index (χ1v) is 6.61. The zero-order valence-electron chi connectivity index (χ0n) is 11.5. The van der Waals surface area contributed by atoms with Gasteiger partial charge in [-0.15, -0.1) is 0 Å². The first-order valence-electron chi connectivity index (χ1n) is 6.61. The van der Waals surface area contributed by atoms with Crippen molar-refractivity contribution in [2.75, 3.05) is 0 Å². The molecule has 0 aliphatic heterocycles. The van der Waals surface area contributed by atoms with E-state index >= 15 is 0 Å². The molecule has 0 radical (unpaired) electrons. The Morgan fingerprint density at radius 1 is 1.00 bits per heavy atom. The fraction of sp³-hybridized carbons (Fsp3) is 0.294. The lowest BCUT2D eigenvalue weighted by Crippen LogP contribution is -2.26. The molecule has 0 fully saturated rings. The molecule has 0 saturated heterocycles. The minimum Gasteiger partial charge on any atom is -0.327 e. The summed E-state index contributed by atoms with van der Waals surface area (Å²) in [6, 6.07) is 13.0. The molecule has 0 saturated carbocycles. The summed E-state index contributed by atoms with van der Waals surface area (Å²) in [6.07, 6.45) is 1.53. The number of halogens is 1. The first-order chi connectivity index (χ1) is 9.06. The first kappa shape index (κ1) is 13.8. The Hall–Kier alpha value is -1.67. The predicted octanol–water partition coefficient (Wildman–Crippen LogP) is 3.56. The molecule has 0 amide bonds. The molecule has 100 valence electrons. The van der Waals surface area contributed by atoms with Crippen molar-refractivity contribution in [1.29, 1.82) is 0 Å².